The Morgan fingerprint density at radius 2 is 2.30 bits per heavy atom. The predicted octanol–water partition coefficient (Wildman–Crippen LogP) is 0.736. The van der Waals surface area contributed by atoms with Crippen LogP contribution in [0.2, 0.25) is 0 Å². The van der Waals surface area contributed by atoms with Gasteiger partial charge in [-0.1, -0.05) is 0 Å². The minimum absolute atomic E-state index is 0.0803. The van der Waals surface area contributed by atoms with E-state index in [1.807, 2.05) is 6.07 Å². The Kier molecular flexibility index (Phi) is 4.70. The molecule has 2 heterocycles. The van der Waals surface area contributed by atoms with E-state index in [1.165, 1.54) is 22.6 Å². The molecular weight excluding hydrogens is 278 g/mol. The number of rotatable bonds is 4. The van der Waals surface area contributed by atoms with Crippen LogP contribution in [0, 0.1) is 17.2 Å². The van der Waals surface area contributed by atoms with Gasteiger partial charge >= 0.3 is 0 Å². The lowest BCUT2D eigenvalue weighted by Gasteiger charge is -2.31. The van der Waals surface area contributed by atoms with Crippen molar-refractivity contribution in [1.29, 1.82) is 5.26 Å². The molecule has 1 atom stereocenters. The van der Waals surface area contributed by atoms with E-state index in [9.17, 15) is 8.42 Å². The van der Waals surface area contributed by atoms with Crippen LogP contribution in [0.1, 0.15) is 25.0 Å². The SMILES string of the molecule is N#Cc1ccc(S(=O)(=O)N2CCCC(CCO)C2)cn1. The van der Waals surface area contributed by atoms with E-state index in [0.29, 0.717) is 19.5 Å². The zero-order valence-corrected chi connectivity index (χ0v) is 11.9. The van der Waals surface area contributed by atoms with Crippen LogP contribution in [-0.4, -0.2) is 42.5 Å². The molecule has 1 N–H and O–H groups in total. The smallest absolute Gasteiger partial charge is 0.244 e. The van der Waals surface area contributed by atoms with Gasteiger partial charge in [-0.25, -0.2) is 13.4 Å². The summed E-state index contributed by atoms with van der Waals surface area (Å²) in [6.07, 6.45) is 3.59. The Morgan fingerprint density at radius 1 is 1.50 bits per heavy atom. The van der Waals surface area contributed by atoms with Gasteiger partial charge in [0.1, 0.15) is 16.7 Å². The molecule has 7 heteroatoms. The number of hydrogen-bond acceptors (Lipinski definition) is 5. The Morgan fingerprint density at radius 3 is 2.90 bits per heavy atom. The van der Waals surface area contributed by atoms with Crippen molar-refractivity contribution in [3.05, 3.63) is 24.0 Å². The Hall–Kier alpha value is -1.49. The highest BCUT2D eigenvalue weighted by atomic mass is 32.2. The zero-order valence-electron chi connectivity index (χ0n) is 11.1. The molecule has 1 fully saturated rings. The largest absolute Gasteiger partial charge is 0.396 e. The van der Waals surface area contributed by atoms with Crippen LogP contribution in [0.3, 0.4) is 0 Å². The maximum atomic E-state index is 12.5. The number of aliphatic hydroxyl groups excluding tert-OH is 1. The second-order valence-electron chi connectivity index (χ2n) is 4.87. The van der Waals surface area contributed by atoms with E-state index < -0.39 is 10.0 Å². The molecule has 2 rings (SSSR count). The number of nitriles is 1. The van der Waals surface area contributed by atoms with Crippen molar-refractivity contribution in [2.45, 2.75) is 24.2 Å². The first-order chi connectivity index (χ1) is 9.57. The van der Waals surface area contributed by atoms with E-state index >= 15 is 0 Å². The van der Waals surface area contributed by atoms with Crippen molar-refractivity contribution in [2.75, 3.05) is 19.7 Å². The molecule has 0 saturated carbocycles. The molecule has 1 aliphatic rings. The summed E-state index contributed by atoms with van der Waals surface area (Å²) >= 11 is 0. The van der Waals surface area contributed by atoms with E-state index in [1.54, 1.807) is 0 Å². The number of aromatic nitrogens is 1. The average molecular weight is 295 g/mol. The molecule has 0 amide bonds. The third-order valence-corrected chi connectivity index (χ3v) is 5.36. The van der Waals surface area contributed by atoms with E-state index in [4.69, 9.17) is 10.4 Å². The number of piperidine rings is 1. The van der Waals surface area contributed by atoms with Gasteiger partial charge in [0.05, 0.1) is 0 Å². The van der Waals surface area contributed by atoms with Crippen molar-refractivity contribution in [3.8, 4) is 6.07 Å². The van der Waals surface area contributed by atoms with E-state index in [2.05, 4.69) is 4.98 Å². The van der Waals surface area contributed by atoms with Crippen LogP contribution in [0.4, 0.5) is 0 Å². The summed E-state index contributed by atoms with van der Waals surface area (Å²) in [6.45, 7) is 1.00. The molecular formula is C13H17N3O3S. The normalized spacial score (nSPS) is 20.5. The Balaban J connectivity index is 2.18. The summed E-state index contributed by atoms with van der Waals surface area (Å²) in [5.41, 5.74) is 0.195. The maximum absolute atomic E-state index is 12.5. The average Bonchev–Trinajstić information content (AvgIpc) is 2.48. The first-order valence-corrected chi connectivity index (χ1v) is 7.99. The lowest BCUT2D eigenvalue weighted by molar-refractivity contribution is 0.203. The van der Waals surface area contributed by atoms with Crippen LogP contribution in [0.5, 0.6) is 0 Å². The van der Waals surface area contributed by atoms with Crippen molar-refractivity contribution < 1.29 is 13.5 Å². The van der Waals surface area contributed by atoms with Crippen LogP contribution in [0.25, 0.3) is 0 Å². The lowest BCUT2D eigenvalue weighted by Crippen LogP contribution is -2.40. The molecule has 0 radical (unpaired) electrons. The van der Waals surface area contributed by atoms with E-state index in [-0.39, 0.29) is 23.1 Å². The van der Waals surface area contributed by atoms with Crippen molar-refractivity contribution in [3.63, 3.8) is 0 Å². The van der Waals surface area contributed by atoms with Crippen molar-refractivity contribution in [1.82, 2.24) is 9.29 Å². The van der Waals surface area contributed by atoms with Crippen LogP contribution >= 0.6 is 0 Å². The fourth-order valence-corrected chi connectivity index (χ4v) is 3.91. The fourth-order valence-electron chi connectivity index (χ4n) is 2.41. The van der Waals surface area contributed by atoms with Crippen LogP contribution in [-0.2, 0) is 10.0 Å². The lowest BCUT2D eigenvalue weighted by atomic mass is 9.97. The summed E-state index contributed by atoms with van der Waals surface area (Å²) in [7, 11) is -3.56. The van der Waals surface area contributed by atoms with E-state index in [0.717, 1.165) is 12.8 Å². The molecule has 1 aromatic rings. The predicted molar refractivity (Wildman–Crippen MR) is 72.1 cm³/mol. The topological polar surface area (TPSA) is 94.3 Å². The van der Waals surface area contributed by atoms with Crippen molar-refractivity contribution >= 4 is 10.0 Å². The molecule has 0 aliphatic carbocycles. The van der Waals surface area contributed by atoms with Crippen LogP contribution in [0.15, 0.2) is 23.2 Å². The highest BCUT2D eigenvalue weighted by Gasteiger charge is 2.30. The highest BCUT2D eigenvalue weighted by molar-refractivity contribution is 7.89. The summed E-state index contributed by atoms with van der Waals surface area (Å²) in [6, 6.07) is 4.68. The summed E-state index contributed by atoms with van der Waals surface area (Å²) in [4.78, 5) is 3.92. The van der Waals surface area contributed by atoms with Crippen molar-refractivity contribution in [2.24, 2.45) is 5.92 Å². The molecule has 1 unspecified atom stereocenters. The highest BCUT2D eigenvalue weighted by Crippen LogP contribution is 2.25. The van der Waals surface area contributed by atoms with Gasteiger partial charge in [-0.3, -0.25) is 0 Å². The maximum Gasteiger partial charge on any atom is 0.244 e. The zero-order chi connectivity index (χ0) is 14.6. The molecule has 6 nitrogen and oxygen atoms in total. The van der Waals surface area contributed by atoms with Gasteiger partial charge in [0.15, 0.2) is 0 Å². The van der Waals surface area contributed by atoms with Gasteiger partial charge in [0.25, 0.3) is 0 Å². The third-order valence-electron chi connectivity index (χ3n) is 3.51. The molecule has 0 bridgehead atoms. The molecule has 1 aliphatic heterocycles. The summed E-state index contributed by atoms with van der Waals surface area (Å²) in [5.74, 6) is 0.204. The number of sulfonamides is 1. The molecule has 20 heavy (non-hydrogen) atoms. The third kappa shape index (κ3) is 3.15. The van der Waals surface area contributed by atoms with Gasteiger partial charge in [-0.2, -0.15) is 9.57 Å². The number of pyridine rings is 1. The monoisotopic (exact) mass is 295 g/mol. The van der Waals surface area contributed by atoms with Gasteiger partial charge in [-0.05, 0) is 37.3 Å². The quantitative estimate of drug-likeness (QED) is 0.884. The minimum Gasteiger partial charge on any atom is -0.396 e. The van der Waals surface area contributed by atoms with Gasteiger partial charge < -0.3 is 5.11 Å². The number of hydrogen-bond donors (Lipinski definition) is 1. The summed E-state index contributed by atoms with van der Waals surface area (Å²) < 4.78 is 26.4. The Bertz CT molecular complexity index is 590. The molecule has 0 aromatic carbocycles. The van der Waals surface area contributed by atoms with Gasteiger partial charge in [0.2, 0.25) is 10.0 Å². The first-order valence-electron chi connectivity index (χ1n) is 6.55. The second kappa shape index (κ2) is 6.31. The Labute approximate surface area is 118 Å². The molecule has 0 spiro atoms. The molecule has 1 saturated heterocycles. The van der Waals surface area contributed by atoms with Crippen LogP contribution < -0.4 is 0 Å². The minimum atomic E-state index is -3.56. The molecule has 108 valence electrons. The second-order valence-corrected chi connectivity index (χ2v) is 6.81. The van der Waals surface area contributed by atoms with Gasteiger partial charge in [0, 0.05) is 25.9 Å². The summed E-state index contributed by atoms with van der Waals surface area (Å²) in [5, 5.41) is 17.7. The standard InChI is InChI=1S/C13H17N3O3S/c14-8-12-3-4-13(9-15-12)20(18,19)16-6-1-2-11(10-16)5-7-17/h3-4,9,11,17H,1-2,5-7,10H2. The van der Waals surface area contributed by atoms with Gasteiger partial charge in [-0.15, -0.1) is 0 Å². The first kappa shape index (κ1) is 14.9. The number of nitrogens with zero attached hydrogens (tertiary/aromatic N) is 3. The molecule has 1 aromatic heterocycles. The fraction of sp³-hybridized carbons (Fsp3) is 0.538. The number of aliphatic hydroxyl groups is 1.